The van der Waals surface area contributed by atoms with Gasteiger partial charge in [-0.1, -0.05) is 12.8 Å². The molecule has 0 radical (unpaired) electrons. The van der Waals surface area contributed by atoms with Crippen LogP contribution in [0.3, 0.4) is 0 Å². The van der Waals surface area contributed by atoms with Gasteiger partial charge in [-0.15, -0.1) is 0 Å². The van der Waals surface area contributed by atoms with E-state index in [1.165, 1.54) is 25.7 Å². The second kappa shape index (κ2) is 5.99. The maximum Gasteiger partial charge on any atom is 0.0724 e. The summed E-state index contributed by atoms with van der Waals surface area (Å²) in [5, 5.41) is 13.2. The van der Waals surface area contributed by atoms with Gasteiger partial charge in [0.25, 0.3) is 0 Å². The first kappa shape index (κ1) is 12.3. The van der Waals surface area contributed by atoms with Crippen molar-refractivity contribution in [3.63, 3.8) is 0 Å². The molecule has 0 saturated heterocycles. The summed E-state index contributed by atoms with van der Waals surface area (Å²) < 4.78 is 5.55. The Hall–Kier alpha value is -0.120. The zero-order chi connectivity index (χ0) is 11.4. The van der Waals surface area contributed by atoms with E-state index in [-0.39, 0.29) is 6.10 Å². The van der Waals surface area contributed by atoms with Gasteiger partial charge in [-0.05, 0) is 38.5 Å². The maximum atomic E-state index is 9.48. The molecule has 2 rings (SSSR count). The third kappa shape index (κ3) is 3.19. The molecule has 94 valence electrons. The quantitative estimate of drug-likeness (QED) is 0.773. The normalized spacial score (nSPS) is 40.9. The summed E-state index contributed by atoms with van der Waals surface area (Å²) in [6.07, 6.45) is 9.59. The van der Waals surface area contributed by atoms with Gasteiger partial charge in [0, 0.05) is 19.2 Å². The Labute approximate surface area is 98.6 Å². The molecule has 0 bridgehead atoms. The Balaban J connectivity index is 1.78. The minimum absolute atomic E-state index is 0.0531. The lowest BCUT2D eigenvalue weighted by atomic mass is 9.88. The second-order valence-electron chi connectivity index (χ2n) is 5.34. The van der Waals surface area contributed by atoms with Crippen molar-refractivity contribution in [1.82, 2.24) is 5.32 Å². The van der Waals surface area contributed by atoms with Crippen LogP contribution in [0, 0.1) is 0 Å². The van der Waals surface area contributed by atoms with Gasteiger partial charge in [0.05, 0.1) is 12.2 Å². The summed E-state index contributed by atoms with van der Waals surface area (Å²) in [6.45, 7) is 0. The first-order chi connectivity index (χ1) is 7.79. The highest BCUT2D eigenvalue weighted by Crippen LogP contribution is 2.24. The van der Waals surface area contributed by atoms with Gasteiger partial charge >= 0.3 is 0 Å². The average molecular weight is 227 g/mol. The van der Waals surface area contributed by atoms with Crippen molar-refractivity contribution in [2.45, 2.75) is 75.7 Å². The van der Waals surface area contributed by atoms with E-state index in [0.29, 0.717) is 18.2 Å². The number of hydrogen-bond donors (Lipinski definition) is 2. The monoisotopic (exact) mass is 227 g/mol. The number of methoxy groups -OCH3 is 1. The number of hydrogen-bond acceptors (Lipinski definition) is 3. The standard InChI is InChI=1S/C13H25NO2/c1-16-13-5-3-2-4-12(13)14-10-6-8-11(15)9-7-10/h10-15H,2-9H2,1H3. The number of aliphatic hydroxyl groups is 1. The molecule has 0 amide bonds. The maximum absolute atomic E-state index is 9.48. The lowest BCUT2D eigenvalue weighted by molar-refractivity contribution is 0.0316. The molecule has 3 heteroatoms. The number of nitrogens with one attached hydrogen (secondary N) is 1. The number of ether oxygens (including phenoxy) is 1. The van der Waals surface area contributed by atoms with Gasteiger partial charge in [0.2, 0.25) is 0 Å². The second-order valence-corrected chi connectivity index (χ2v) is 5.34. The fraction of sp³-hybridized carbons (Fsp3) is 1.00. The summed E-state index contributed by atoms with van der Waals surface area (Å²) in [6, 6.07) is 1.14. The third-order valence-corrected chi connectivity index (χ3v) is 4.15. The molecule has 2 unspecified atom stereocenters. The molecule has 16 heavy (non-hydrogen) atoms. The van der Waals surface area contributed by atoms with Crippen molar-refractivity contribution >= 4 is 0 Å². The minimum Gasteiger partial charge on any atom is -0.393 e. The molecule has 3 nitrogen and oxygen atoms in total. The van der Waals surface area contributed by atoms with E-state index in [4.69, 9.17) is 4.74 Å². The smallest absolute Gasteiger partial charge is 0.0724 e. The van der Waals surface area contributed by atoms with Crippen LogP contribution in [0.5, 0.6) is 0 Å². The highest BCUT2D eigenvalue weighted by Gasteiger charge is 2.28. The molecule has 0 heterocycles. The highest BCUT2D eigenvalue weighted by molar-refractivity contribution is 4.86. The SMILES string of the molecule is COC1CCCCC1NC1CCC(O)CC1. The molecule has 0 aromatic rings. The Morgan fingerprint density at radius 2 is 1.69 bits per heavy atom. The van der Waals surface area contributed by atoms with Crippen LogP contribution in [0.1, 0.15) is 51.4 Å². The van der Waals surface area contributed by atoms with E-state index in [1.54, 1.807) is 0 Å². The molecular formula is C13H25NO2. The fourth-order valence-electron chi connectivity index (χ4n) is 3.11. The summed E-state index contributed by atoms with van der Waals surface area (Å²) in [5.41, 5.74) is 0. The zero-order valence-electron chi connectivity index (χ0n) is 10.3. The van der Waals surface area contributed by atoms with Crippen LogP contribution in [-0.4, -0.2) is 36.5 Å². The van der Waals surface area contributed by atoms with Crippen LogP contribution < -0.4 is 5.32 Å². The van der Waals surface area contributed by atoms with E-state index in [1.807, 2.05) is 7.11 Å². The van der Waals surface area contributed by atoms with E-state index < -0.39 is 0 Å². The van der Waals surface area contributed by atoms with Crippen molar-refractivity contribution in [1.29, 1.82) is 0 Å². The van der Waals surface area contributed by atoms with E-state index in [0.717, 1.165) is 25.7 Å². The van der Waals surface area contributed by atoms with Gasteiger partial charge < -0.3 is 15.2 Å². The van der Waals surface area contributed by atoms with Gasteiger partial charge in [0.1, 0.15) is 0 Å². The summed E-state index contributed by atoms with van der Waals surface area (Å²) in [7, 11) is 1.83. The van der Waals surface area contributed by atoms with Crippen LogP contribution in [0.4, 0.5) is 0 Å². The van der Waals surface area contributed by atoms with Crippen LogP contribution in [0.25, 0.3) is 0 Å². The van der Waals surface area contributed by atoms with E-state index >= 15 is 0 Å². The average Bonchev–Trinajstić information content (AvgIpc) is 2.33. The topological polar surface area (TPSA) is 41.5 Å². The predicted octanol–water partition coefficient (Wildman–Crippen LogP) is 1.84. The molecule has 2 aliphatic rings. The Morgan fingerprint density at radius 1 is 1.00 bits per heavy atom. The van der Waals surface area contributed by atoms with Gasteiger partial charge in [-0.2, -0.15) is 0 Å². The van der Waals surface area contributed by atoms with Crippen LogP contribution in [0.2, 0.25) is 0 Å². The number of aliphatic hydroxyl groups excluding tert-OH is 1. The van der Waals surface area contributed by atoms with Crippen molar-refractivity contribution in [2.24, 2.45) is 0 Å². The van der Waals surface area contributed by atoms with E-state index in [9.17, 15) is 5.11 Å². The van der Waals surface area contributed by atoms with Gasteiger partial charge in [0.15, 0.2) is 0 Å². The van der Waals surface area contributed by atoms with Crippen molar-refractivity contribution in [2.75, 3.05) is 7.11 Å². The lowest BCUT2D eigenvalue weighted by Gasteiger charge is -2.36. The summed E-state index contributed by atoms with van der Waals surface area (Å²) in [4.78, 5) is 0. The molecule has 2 atom stereocenters. The molecule has 2 aliphatic carbocycles. The highest BCUT2D eigenvalue weighted by atomic mass is 16.5. The van der Waals surface area contributed by atoms with Crippen LogP contribution in [-0.2, 0) is 4.74 Å². The first-order valence-electron chi connectivity index (χ1n) is 6.76. The molecule has 0 spiro atoms. The van der Waals surface area contributed by atoms with Gasteiger partial charge in [-0.3, -0.25) is 0 Å². The Morgan fingerprint density at radius 3 is 2.38 bits per heavy atom. The molecule has 0 aromatic heterocycles. The summed E-state index contributed by atoms with van der Waals surface area (Å²) >= 11 is 0. The summed E-state index contributed by atoms with van der Waals surface area (Å²) in [5.74, 6) is 0. The molecule has 0 aliphatic heterocycles. The molecule has 2 fully saturated rings. The molecule has 2 N–H and O–H groups in total. The molecule has 0 aromatic carbocycles. The van der Waals surface area contributed by atoms with Crippen LogP contribution >= 0.6 is 0 Å². The van der Waals surface area contributed by atoms with Gasteiger partial charge in [-0.25, -0.2) is 0 Å². The Kier molecular flexibility index (Phi) is 4.62. The predicted molar refractivity (Wildman–Crippen MR) is 64.5 cm³/mol. The van der Waals surface area contributed by atoms with Crippen molar-refractivity contribution < 1.29 is 9.84 Å². The third-order valence-electron chi connectivity index (χ3n) is 4.15. The minimum atomic E-state index is -0.0531. The van der Waals surface area contributed by atoms with Crippen LogP contribution in [0.15, 0.2) is 0 Å². The zero-order valence-corrected chi connectivity index (χ0v) is 10.3. The largest absolute Gasteiger partial charge is 0.393 e. The van der Waals surface area contributed by atoms with Crippen molar-refractivity contribution in [3.05, 3.63) is 0 Å². The van der Waals surface area contributed by atoms with Crippen molar-refractivity contribution in [3.8, 4) is 0 Å². The number of rotatable bonds is 3. The molecule has 2 saturated carbocycles. The Bertz CT molecular complexity index is 202. The molecular weight excluding hydrogens is 202 g/mol. The fourth-order valence-corrected chi connectivity index (χ4v) is 3.11. The van der Waals surface area contributed by atoms with E-state index in [2.05, 4.69) is 5.32 Å². The first-order valence-corrected chi connectivity index (χ1v) is 6.76. The lowest BCUT2D eigenvalue weighted by Crippen LogP contribution is -2.49.